The van der Waals surface area contributed by atoms with Crippen LogP contribution in [0.25, 0.3) is 5.57 Å². The molecule has 24 heavy (non-hydrogen) atoms. The number of ether oxygens (including phenoxy) is 1. The Balaban J connectivity index is 1.56. The molecular weight excluding hydrogens is 294 g/mol. The molecule has 0 N–H and O–H groups in total. The Bertz CT molecular complexity index is 658. The monoisotopic (exact) mass is 321 g/mol. The summed E-state index contributed by atoms with van der Waals surface area (Å²) in [4.78, 5) is 2.53. The molecule has 0 aromatic heterocycles. The van der Waals surface area contributed by atoms with E-state index in [9.17, 15) is 0 Å². The van der Waals surface area contributed by atoms with E-state index in [1.807, 2.05) is 18.2 Å². The van der Waals surface area contributed by atoms with E-state index < -0.39 is 0 Å². The molecule has 0 unspecified atom stereocenters. The Morgan fingerprint density at radius 1 is 1.00 bits per heavy atom. The Labute approximate surface area is 145 Å². The molecule has 0 bridgehead atoms. The first-order valence-corrected chi connectivity index (χ1v) is 8.89. The molecule has 2 nitrogen and oxygen atoms in total. The van der Waals surface area contributed by atoms with E-state index in [4.69, 9.17) is 4.74 Å². The second-order valence-electron chi connectivity index (χ2n) is 6.93. The minimum atomic E-state index is 0.618. The molecule has 0 fully saturated rings. The van der Waals surface area contributed by atoms with Crippen molar-refractivity contribution in [2.75, 3.05) is 19.6 Å². The summed E-state index contributed by atoms with van der Waals surface area (Å²) in [6.45, 7) is 8.61. The summed E-state index contributed by atoms with van der Waals surface area (Å²) < 4.78 is 5.87. The first kappa shape index (κ1) is 16.8. The van der Waals surface area contributed by atoms with Crippen LogP contribution in [0.2, 0.25) is 0 Å². The van der Waals surface area contributed by atoms with Crippen LogP contribution in [0.5, 0.6) is 5.75 Å². The van der Waals surface area contributed by atoms with Gasteiger partial charge in [0, 0.05) is 19.6 Å². The minimum absolute atomic E-state index is 0.618. The number of benzene rings is 2. The van der Waals surface area contributed by atoms with Gasteiger partial charge in [0.2, 0.25) is 0 Å². The van der Waals surface area contributed by atoms with Gasteiger partial charge in [-0.2, -0.15) is 0 Å². The smallest absolute Gasteiger partial charge is 0.119 e. The van der Waals surface area contributed by atoms with Crippen LogP contribution >= 0.6 is 0 Å². The van der Waals surface area contributed by atoms with Crippen LogP contribution in [0.3, 0.4) is 0 Å². The molecule has 1 heterocycles. The molecule has 1 aliphatic heterocycles. The maximum absolute atomic E-state index is 5.87. The molecule has 0 radical (unpaired) electrons. The van der Waals surface area contributed by atoms with Crippen molar-refractivity contribution >= 4 is 5.57 Å². The zero-order valence-electron chi connectivity index (χ0n) is 14.7. The summed E-state index contributed by atoms with van der Waals surface area (Å²) in [5, 5.41) is 0. The Morgan fingerprint density at radius 2 is 1.75 bits per heavy atom. The maximum atomic E-state index is 5.87. The predicted molar refractivity (Wildman–Crippen MR) is 101 cm³/mol. The van der Waals surface area contributed by atoms with Crippen LogP contribution in [0.1, 0.15) is 31.4 Å². The fraction of sp³-hybridized carbons (Fsp3) is 0.364. The third kappa shape index (κ3) is 4.72. The van der Waals surface area contributed by atoms with Crippen LogP contribution in [0.15, 0.2) is 60.7 Å². The standard InChI is InChI=1S/C22H27NO/c1-18(2)16-23-14-12-21(13-15-23)20-8-10-22(11-9-20)24-17-19-6-4-3-5-7-19/h3-12,18H,13-17H2,1-2H3. The molecule has 0 aliphatic carbocycles. The highest BCUT2D eigenvalue weighted by Gasteiger charge is 2.13. The van der Waals surface area contributed by atoms with Gasteiger partial charge in [0.1, 0.15) is 12.4 Å². The number of hydrogen-bond acceptors (Lipinski definition) is 2. The number of hydrogen-bond donors (Lipinski definition) is 0. The quantitative estimate of drug-likeness (QED) is 0.741. The Hall–Kier alpha value is -2.06. The topological polar surface area (TPSA) is 12.5 Å². The summed E-state index contributed by atoms with van der Waals surface area (Å²) in [7, 11) is 0. The maximum Gasteiger partial charge on any atom is 0.119 e. The zero-order chi connectivity index (χ0) is 16.8. The normalized spacial score (nSPS) is 15.4. The molecule has 2 aromatic carbocycles. The van der Waals surface area contributed by atoms with Crippen LogP contribution < -0.4 is 4.74 Å². The number of nitrogens with zero attached hydrogens (tertiary/aromatic N) is 1. The second kappa shape index (κ2) is 8.16. The largest absolute Gasteiger partial charge is 0.489 e. The number of rotatable bonds is 6. The van der Waals surface area contributed by atoms with Crippen LogP contribution in [0.4, 0.5) is 0 Å². The first-order valence-electron chi connectivity index (χ1n) is 8.89. The average Bonchev–Trinajstić information content (AvgIpc) is 2.62. The fourth-order valence-electron chi connectivity index (χ4n) is 3.16. The van der Waals surface area contributed by atoms with Gasteiger partial charge < -0.3 is 4.74 Å². The highest BCUT2D eigenvalue weighted by Crippen LogP contribution is 2.25. The van der Waals surface area contributed by atoms with Crippen molar-refractivity contribution in [1.82, 2.24) is 4.90 Å². The van der Waals surface area contributed by atoms with Crippen LogP contribution in [-0.2, 0) is 6.61 Å². The average molecular weight is 321 g/mol. The summed E-state index contributed by atoms with van der Waals surface area (Å²) >= 11 is 0. The van der Waals surface area contributed by atoms with Gasteiger partial charge in [0.05, 0.1) is 0 Å². The lowest BCUT2D eigenvalue weighted by molar-refractivity contribution is 0.268. The van der Waals surface area contributed by atoms with Crippen molar-refractivity contribution in [2.45, 2.75) is 26.9 Å². The van der Waals surface area contributed by atoms with E-state index in [0.717, 1.165) is 31.2 Å². The molecular formula is C22H27NO. The van der Waals surface area contributed by atoms with Gasteiger partial charge in [-0.25, -0.2) is 0 Å². The second-order valence-corrected chi connectivity index (χ2v) is 6.93. The zero-order valence-corrected chi connectivity index (χ0v) is 14.7. The Kier molecular flexibility index (Phi) is 5.71. The van der Waals surface area contributed by atoms with Crippen LogP contribution in [-0.4, -0.2) is 24.5 Å². The van der Waals surface area contributed by atoms with E-state index in [0.29, 0.717) is 6.61 Å². The molecule has 2 aromatic rings. The summed E-state index contributed by atoms with van der Waals surface area (Å²) in [6.07, 6.45) is 3.52. The van der Waals surface area contributed by atoms with Crippen molar-refractivity contribution in [3.63, 3.8) is 0 Å². The Morgan fingerprint density at radius 3 is 2.38 bits per heavy atom. The van der Waals surface area contributed by atoms with Gasteiger partial charge in [-0.3, -0.25) is 4.90 Å². The van der Waals surface area contributed by atoms with Gasteiger partial charge in [-0.05, 0) is 41.2 Å². The van der Waals surface area contributed by atoms with E-state index in [1.54, 1.807) is 0 Å². The molecule has 0 spiro atoms. The first-order chi connectivity index (χ1) is 11.7. The van der Waals surface area contributed by atoms with Crippen LogP contribution in [0, 0.1) is 5.92 Å². The van der Waals surface area contributed by atoms with Crippen molar-refractivity contribution < 1.29 is 4.74 Å². The SMILES string of the molecule is CC(C)CN1CC=C(c2ccc(OCc3ccccc3)cc2)CC1. The summed E-state index contributed by atoms with van der Waals surface area (Å²) in [5.41, 5.74) is 3.98. The molecule has 0 atom stereocenters. The van der Waals surface area contributed by atoms with Crippen molar-refractivity contribution in [3.8, 4) is 5.75 Å². The van der Waals surface area contributed by atoms with Gasteiger partial charge in [0.25, 0.3) is 0 Å². The van der Waals surface area contributed by atoms with E-state index in [1.165, 1.54) is 23.2 Å². The third-order valence-corrected chi connectivity index (χ3v) is 4.39. The molecule has 2 heteroatoms. The van der Waals surface area contributed by atoms with Gasteiger partial charge in [0.15, 0.2) is 0 Å². The predicted octanol–water partition coefficient (Wildman–Crippen LogP) is 5.01. The lowest BCUT2D eigenvalue weighted by Crippen LogP contribution is -2.31. The van der Waals surface area contributed by atoms with Crippen molar-refractivity contribution in [1.29, 1.82) is 0 Å². The summed E-state index contributed by atoms with van der Waals surface area (Å²) in [6, 6.07) is 18.8. The molecule has 0 saturated carbocycles. The lowest BCUT2D eigenvalue weighted by atomic mass is 9.99. The third-order valence-electron chi connectivity index (χ3n) is 4.39. The minimum Gasteiger partial charge on any atom is -0.489 e. The molecule has 0 amide bonds. The molecule has 3 rings (SSSR count). The molecule has 1 aliphatic rings. The van der Waals surface area contributed by atoms with Gasteiger partial charge >= 0.3 is 0 Å². The van der Waals surface area contributed by atoms with E-state index in [-0.39, 0.29) is 0 Å². The van der Waals surface area contributed by atoms with E-state index in [2.05, 4.69) is 61.2 Å². The lowest BCUT2D eigenvalue weighted by Gasteiger charge is -2.27. The van der Waals surface area contributed by atoms with Crippen molar-refractivity contribution in [3.05, 3.63) is 71.8 Å². The van der Waals surface area contributed by atoms with Crippen molar-refractivity contribution in [2.24, 2.45) is 5.92 Å². The summed E-state index contributed by atoms with van der Waals surface area (Å²) in [5.74, 6) is 1.67. The van der Waals surface area contributed by atoms with E-state index >= 15 is 0 Å². The fourth-order valence-corrected chi connectivity index (χ4v) is 3.16. The van der Waals surface area contributed by atoms with Gasteiger partial charge in [-0.1, -0.05) is 62.4 Å². The van der Waals surface area contributed by atoms with Gasteiger partial charge in [-0.15, -0.1) is 0 Å². The molecule has 0 saturated heterocycles. The molecule has 126 valence electrons. The highest BCUT2D eigenvalue weighted by atomic mass is 16.5. The highest BCUT2D eigenvalue weighted by molar-refractivity contribution is 5.67.